The number of ether oxygens (including phenoxy) is 1. The summed E-state index contributed by atoms with van der Waals surface area (Å²) < 4.78 is 44.3. The van der Waals surface area contributed by atoms with E-state index >= 15 is 0 Å². The number of nitrogens with zero attached hydrogens (tertiary/aromatic N) is 1. The van der Waals surface area contributed by atoms with Gasteiger partial charge in [0.25, 0.3) is 0 Å². The van der Waals surface area contributed by atoms with Crippen molar-refractivity contribution in [2.24, 2.45) is 0 Å². The zero-order chi connectivity index (χ0) is 20.5. The number of alkyl halides is 3. The van der Waals surface area contributed by atoms with E-state index in [1.807, 2.05) is 6.07 Å². The minimum atomic E-state index is -4.38. The number of rotatable bonds is 5. The molecule has 4 nitrogen and oxygen atoms in total. The largest absolute Gasteiger partial charge is 0.454 e. The number of hydrogen-bond donors (Lipinski definition) is 0. The molecule has 1 heterocycles. The molecule has 0 saturated heterocycles. The molecule has 1 aromatic carbocycles. The summed E-state index contributed by atoms with van der Waals surface area (Å²) >= 11 is 0. The van der Waals surface area contributed by atoms with E-state index in [9.17, 15) is 22.8 Å². The SMILES string of the molecule is Cc1cc(C(=O)COC(=O)c2ccc3c(c2)CCCC3)c(C)n1CC(F)(F)F. The van der Waals surface area contributed by atoms with E-state index in [4.69, 9.17) is 4.74 Å². The molecule has 0 atom stereocenters. The van der Waals surface area contributed by atoms with E-state index in [2.05, 4.69) is 0 Å². The fraction of sp³-hybridized carbons (Fsp3) is 0.429. The third-order valence-corrected chi connectivity index (χ3v) is 5.13. The number of halogens is 3. The van der Waals surface area contributed by atoms with Crippen molar-refractivity contribution in [2.75, 3.05) is 6.61 Å². The zero-order valence-electron chi connectivity index (χ0n) is 15.9. The molecular formula is C21H22F3NO3. The van der Waals surface area contributed by atoms with Crippen molar-refractivity contribution in [3.05, 3.63) is 57.9 Å². The molecule has 0 bridgehead atoms. The lowest BCUT2D eigenvalue weighted by Gasteiger charge is -2.16. The van der Waals surface area contributed by atoms with Gasteiger partial charge in [-0.1, -0.05) is 6.07 Å². The van der Waals surface area contributed by atoms with Crippen LogP contribution < -0.4 is 0 Å². The van der Waals surface area contributed by atoms with Crippen molar-refractivity contribution in [1.82, 2.24) is 4.57 Å². The maximum absolute atomic E-state index is 12.7. The Morgan fingerprint density at radius 3 is 2.43 bits per heavy atom. The topological polar surface area (TPSA) is 48.3 Å². The van der Waals surface area contributed by atoms with Crippen LogP contribution in [0.4, 0.5) is 13.2 Å². The molecule has 1 aliphatic rings. The normalized spacial score (nSPS) is 13.9. The Bertz CT molecular complexity index is 912. The predicted octanol–water partition coefficient (Wildman–Crippen LogP) is 4.59. The van der Waals surface area contributed by atoms with Crippen molar-refractivity contribution in [2.45, 2.75) is 52.3 Å². The molecule has 1 aromatic heterocycles. The van der Waals surface area contributed by atoms with E-state index in [1.165, 1.54) is 25.5 Å². The molecular weight excluding hydrogens is 371 g/mol. The van der Waals surface area contributed by atoms with Crippen LogP contribution in [0, 0.1) is 13.8 Å². The molecule has 0 unspecified atom stereocenters. The van der Waals surface area contributed by atoms with Crippen molar-refractivity contribution in [3.8, 4) is 0 Å². The summed E-state index contributed by atoms with van der Waals surface area (Å²) in [6.45, 7) is 1.30. The number of esters is 1. The third-order valence-electron chi connectivity index (χ3n) is 5.13. The average Bonchev–Trinajstić information content (AvgIpc) is 2.92. The van der Waals surface area contributed by atoms with Crippen LogP contribution >= 0.6 is 0 Å². The van der Waals surface area contributed by atoms with Crippen LogP contribution in [0.5, 0.6) is 0 Å². The van der Waals surface area contributed by atoms with E-state index in [0.29, 0.717) is 11.3 Å². The first-order chi connectivity index (χ1) is 13.2. The summed E-state index contributed by atoms with van der Waals surface area (Å²) in [5.74, 6) is -1.13. The zero-order valence-corrected chi connectivity index (χ0v) is 15.9. The number of hydrogen-bond acceptors (Lipinski definition) is 3. The molecule has 3 rings (SSSR count). The van der Waals surface area contributed by atoms with Gasteiger partial charge in [-0.2, -0.15) is 13.2 Å². The second-order valence-corrected chi connectivity index (χ2v) is 7.18. The third kappa shape index (κ3) is 4.46. The van der Waals surface area contributed by atoms with Gasteiger partial charge in [0.2, 0.25) is 5.78 Å². The van der Waals surface area contributed by atoms with Gasteiger partial charge < -0.3 is 9.30 Å². The highest BCUT2D eigenvalue weighted by Crippen LogP contribution is 2.24. The van der Waals surface area contributed by atoms with Gasteiger partial charge in [0.1, 0.15) is 6.54 Å². The summed E-state index contributed by atoms with van der Waals surface area (Å²) in [6.07, 6.45) is -0.249. The van der Waals surface area contributed by atoms with Crippen LogP contribution in [0.1, 0.15) is 56.1 Å². The van der Waals surface area contributed by atoms with Crippen LogP contribution in [-0.2, 0) is 24.1 Å². The monoisotopic (exact) mass is 393 g/mol. The number of carbonyl (C=O) groups is 2. The standard InChI is InChI=1S/C21H22F3NO3/c1-13-9-18(14(2)25(13)12-21(22,23)24)19(26)11-28-20(27)17-8-7-15-5-3-4-6-16(15)10-17/h7-10H,3-6,11-12H2,1-2H3. The number of carbonyl (C=O) groups excluding carboxylic acids is 2. The first-order valence-corrected chi connectivity index (χ1v) is 9.21. The smallest absolute Gasteiger partial charge is 0.406 e. The maximum atomic E-state index is 12.7. The van der Waals surface area contributed by atoms with Gasteiger partial charge in [0.05, 0.1) is 5.56 Å². The molecule has 0 spiro atoms. The molecule has 0 saturated carbocycles. The quantitative estimate of drug-likeness (QED) is 0.552. The highest BCUT2D eigenvalue weighted by molar-refractivity contribution is 6.00. The minimum Gasteiger partial charge on any atom is -0.454 e. The van der Waals surface area contributed by atoms with Crippen molar-refractivity contribution >= 4 is 11.8 Å². The fourth-order valence-electron chi connectivity index (χ4n) is 3.66. The number of benzene rings is 1. The molecule has 0 amide bonds. The van der Waals surface area contributed by atoms with Crippen molar-refractivity contribution in [3.63, 3.8) is 0 Å². The predicted molar refractivity (Wildman–Crippen MR) is 97.7 cm³/mol. The van der Waals surface area contributed by atoms with Gasteiger partial charge in [-0.05, 0) is 68.9 Å². The second-order valence-electron chi connectivity index (χ2n) is 7.18. The van der Waals surface area contributed by atoms with Gasteiger partial charge in [-0.25, -0.2) is 4.79 Å². The lowest BCUT2D eigenvalue weighted by atomic mass is 9.90. The average molecular weight is 393 g/mol. The van der Waals surface area contributed by atoms with Crippen molar-refractivity contribution < 1.29 is 27.5 Å². The second kappa shape index (κ2) is 7.81. The van der Waals surface area contributed by atoms with Crippen LogP contribution in [0.15, 0.2) is 24.3 Å². The molecule has 150 valence electrons. The number of fused-ring (bicyclic) bond motifs is 1. The first-order valence-electron chi connectivity index (χ1n) is 9.21. The van der Waals surface area contributed by atoms with Gasteiger partial charge in [-0.3, -0.25) is 4.79 Å². The highest BCUT2D eigenvalue weighted by atomic mass is 19.4. The minimum absolute atomic E-state index is 0.139. The Morgan fingerprint density at radius 2 is 1.75 bits per heavy atom. The summed E-state index contributed by atoms with van der Waals surface area (Å²) in [6, 6.07) is 6.80. The number of aromatic nitrogens is 1. The summed E-state index contributed by atoms with van der Waals surface area (Å²) in [5.41, 5.74) is 3.43. The van der Waals surface area contributed by atoms with Crippen LogP contribution in [0.25, 0.3) is 0 Å². The van der Waals surface area contributed by atoms with Crippen molar-refractivity contribution in [1.29, 1.82) is 0 Å². The van der Waals surface area contributed by atoms with Crippen LogP contribution in [0.2, 0.25) is 0 Å². The number of aryl methyl sites for hydroxylation is 3. The van der Waals surface area contributed by atoms with Gasteiger partial charge in [0, 0.05) is 17.0 Å². The molecule has 0 radical (unpaired) electrons. The Morgan fingerprint density at radius 1 is 1.07 bits per heavy atom. The highest BCUT2D eigenvalue weighted by Gasteiger charge is 2.30. The molecule has 0 fully saturated rings. The van der Waals surface area contributed by atoms with E-state index in [1.54, 1.807) is 12.1 Å². The Balaban J connectivity index is 1.67. The lowest BCUT2D eigenvalue weighted by Crippen LogP contribution is -2.20. The van der Waals surface area contributed by atoms with Gasteiger partial charge in [0.15, 0.2) is 6.61 Å². The molecule has 7 heteroatoms. The van der Waals surface area contributed by atoms with Gasteiger partial charge >= 0.3 is 12.1 Å². The van der Waals surface area contributed by atoms with E-state index in [-0.39, 0.29) is 11.3 Å². The molecule has 1 aliphatic carbocycles. The summed E-state index contributed by atoms with van der Waals surface area (Å²) in [5, 5.41) is 0. The van der Waals surface area contributed by atoms with Crippen LogP contribution in [-0.4, -0.2) is 29.1 Å². The molecule has 2 aromatic rings. The fourth-order valence-corrected chi connectivity index (χ4v) is 3.66. The summed E-state index contributed by atoms with van der Waals surface area (Å²) in [7, 11) is 0. The molecule has 28 heavy (non-hydrogen) atoms. The molecule has 0 N–H and O–H groups in total. The molecule has 0 aliphatic heterocycles. The van der Waals surface area contributed by atoms with E-state index in [0.717, 1.165) is 35.8 Å². The number of Topliss-reactive ketones (excluding diaryl/α,β-unsaturated/α-hetero) is 1. The Kier molecular flexibility index (Phi) is 5.63. The Hall–Kier alpha value is -2.57. The summed E-state index contributed by atoms with van der Waals surface area (Å²) in [4.78, 5) is 24.7. The Labute approximate surface area is 161 Å². The van der Waals surface area contributed by atoms with E-state index < -0.39 is 31.1 Å². The maximum Gasteiger partial charge on any atom is 0.406 e. The number of ketones is 1. The van der Waals surface area contributed by atoms with Gasteiger partial charge in [-0.15, -0.1) is 0 Å². The van der Waals surface area contributed by atoms with Crippen LogP contribution in [0.3, 0.4) is 0 Å². The first kappa shape index (κ1) is 20.2. The lowest BCUT2D eigenvalue weighted by molar-refractivity contribution is -0.141.